The molecule has 6 aromatic rings. The average molecular weight is 534 g/mol. The van der Waals surface area contributed by atoms with Crippen LogP contribution in [-0.2, 0) is 4.79 Å². The van der Waals surface area contributed by atoms with Crippen molar-refractivity contribution in [2.45, 2.75) is 38.5 Å². The highest BCUT2D eigenvalue weighted by molar-refractivity contribution is 7.13. The van der Waals surface area contributed by atoms with Gasteiger partial charge in [-0.15, -0.1) is 11.3 Å². The minimum absolute atomic E-state index is 0.0572. The molecule has 6 aromatic heterocycles. The maximum atomic E-state index is 12.7. The van der Waals surface area contributed by atoms with Crippen molar-refractivity contribution < 1.29 is 4.79 Å². The molecule has 1 aliphatic rings. The molecule has 1 amide bonds. The van der Waals surface area contributed by atoms with E-state index in [4.69, 9.17) is 0 Å². The molecule has 0 bridgehead atoms. The van der Waals surface area contributed by atoms with E-state index < -0.39 is 0 Å². The largest absolute Gasteiger partial charge is 0.353 e. The van der Waals surface area contributed by atoms with Gasteiger partial charge in [-0.3, -0.25) is 19.9 Å². The van der Waals surface area contributed by atoms with Crippen molar-refractivity contribution in [2.24, 2.45) is 5.92 Å². The second-order valence-electron chi connectivity index (χ2n) is 10.2. The number of thiophene rings is 1. The number of fused-ring (bicyclic) bond motifs is 2. The normalized spacial score (nSPS) is 14.3. The summed E-state index contributed by atoms with van der Waals surface area (Å²) >= 11 is 1.67. The predicted octanol–water partition coefficient (Wildman–Crippen LogP) is 7.20. The summed E-state index contributed by atoms with van der Waals surface area (Å²) in [6, 6.07) is 12.2. The van der Waals surface area contributed by atoms with Gasteiger partial charge in [0.1, 0.15) is 0 Å². The Bertz CT molecular complexity index is 1780. The molecule has 1 saturated carbocycles. The fourth-order valence-corrected chi connectivity index (χ4v) is 6.33. The van der Waals surface area contributed by atoms with Crippen LogP contribution in [0, 0.1) is 5.92 Å². The number of H-pyrrole nitrogens is 2. The molecule has 0 atom stereocenters. The fourth-order valence-electron chi connectivity index (χ4n) is 5.59. The zero-order chi connectivity index (χ0) is 26.2. The minimum atomic E-state index is 0.0572. The molecule has 9 heteroatoms. The predicted molar refractivity (Wildman–Crippen MR) is 155 cm³/mol. The van der Waals surface area contributed by atoms with Gasteiger partial charge in [0.05, 0.1) is 33.8 Å². The maximum absolute atomic E-state index is 12.7. The molecule has 0 unspecified atom stereocenters. The number of carbonyl (C=O) groups is 1. The molecule has 6 heterocycles. The molecule has 1 aliphatic carbocycles. The van der Waals surface area contributed by atoms with Gasteiger partial charge in [0.25, 0.3) is 0 Å². The highest BCUT2D eigenvalue weighted by Crippen LogP contribution is 2.35. The summed E-state index contributed by atoms with van der Waals surface area (Å²) in [5, 5.41) is 14.7. The Balaban J connectivity index is 1.19. The number of rotatable bonds is 6. The number of pyridine rings is 3. The van der Waals surface area contributed by atoms with Crippen LogP contribution in [0.4, 0.5) is 5.69 Å². The van der Waals surface area contributed by atoms with E-state index >= 15 is 0 Å². The van der Waals surface area contributed by atoms with E-state index in [0.717, 1.165) is 62.2 Å². The zero-order valence-corrected chi connectivity index (χ0v) is 22.1. The van der Waals surface area contributed by atoms with Crippen molar-refractivity contribution in [3.8, 4) is 33.1 Å². The van der Waals surface area contributed by atoms with E-state index in [1.807, 2.05) is 24.4 Å². The summed E-state index contributed by atoms with van der Waals surface area (Å²) < 4.78 is 0. The molecule has 3 N–H and O–H groups in total. The smallest absolute Gasteiger partial charge is 0.224 e. The standard InChI is InChI=1S/C30H27N7OS/c38-27(11-18-5-2-1-3-6-18)34-21-12-19(15-31-17-21)20-13-23-28(36-37-30(23)33-16-20)25-14-22-24(35-25)8-9-32-29(22)26-7-4-10-39-26/h4,7-10,12-18,35H,1-3,5-6,11H2,(H,34,38)(H,33,36,37). The van der Waals surface area contributed by atoms with Crippen molar-refractivity contribution in [3.63, 3.8) is 0 Å². The van der Waals surface area contributed by atoms with Crippen LogP contribution in [0.25, 0.3) is 55.0 Å². The Morgan fingerprint density at radius 3 is 2.77 bits per heavy atom. The maximum Gasteiger partial charge on any atom is 0.224 e. The van der Waals surface area contributed by atoms with Crippen molar-refractivity contribution in [1.29, 1.82) is 0 Å². The Morgan fingerprint density at radius 2 is 1.90 bits per heavy atom. The van der Waals surface area contributed by atoms with Gasteiger partial charge in [-0.1, -0.05) is 25.3 Å². The average Bonchev–Trinajstić information content (AvgIpc) is 3.73. The lowest BCUT2D eigenvalue weighted by Crippen LogP contribution is -2.18. The fraction of sp³-hybridized carbons (Fsp3) is 0.233. The van der Waals surface area contributed by atoms with E-state index in [0.29, 0.717) is 23.7 Å². The van der Waals surface area contributed by atoms with Crippen LogP contribution in [0.3, 0.4) is 0 Å². The van der Waals surface area contributed by atoms with Gasteiger partial charge >= 0.3 is 0 Å². The summed E-state index contributed by atoms with van der Waals surface area (Å²) in [6.07, 6.45) is 13.7. The molecular formula is C30H27N7OS. The molecule has 0 aromatic carbocycles. The minimum Gasteiger partial charge on any atom is -0.353 e. The highest BCUT2D eigenvalue weighted by atomic mass is 32.1. The number of anilines is 1. The molecule has 0 radical (unpaired) electrons. The van der Waals surface area contributed by atoms with E-state index in [9.17, 15) is 4.79 Å². The number of aromatic nitrogens is 6. The van der Waals surface area contributed by atoms with E-state index in [2.05, 4.69) is 59.0 Å². The van der Waals surface area contributed by atoms with Crippen LogP contribution in [0.2, 0.25) is 0 Å². The van der Waals surface area contributed by atoms with Gasteiger partial charge < -0.3 is 10.3 Å². The van der Waals surface area contributed by atoms with Gasteiger partial charge in [0, 0.05) is 52.4 Å². The third-order valence-corrected chi connectivity index (χ3v) is 8.41. The quantitative estimate of drug-likeness (QED) is 0.210. The van der Waals surface area contributed by atoms with Gasteiger partial charge in [-0.05, 0) is 54.5 Å². The SMILES string of the molecule is O=C(CC1CCCCC1)Nc1cncc(-c2cnc3n[nH]c(-c4cc5c(-c6cccs6)nccc5[nH]4)c3c2)c1. The number of amides is 1. The molecule has 0 aliphatic heterocycles. The van der Waals surface area contributed by atoms with Crippen molar-refractivity contribution in [3.05, 3.63) is 66.6 Å². The van der Waals surface area contributed by atoms with Crippen molar-refractivity contribution in [1.82, 2.24) is 30.1 Å². The van der Waals surface area contributed by atoms with Gasteiger partial charge in [-0.2, -0.15) is 5.10 Å². The molecule has 0 spiro atoms. The summed E-state index contributed by atoms with van der Waals surface area (Å²) in [7, 11) is 0. The van der Waals surface area contributed by atoms with Crippen molar-refractivity contribution in [2.75, 3.05) is 5.32 Å². The number of nitrogens with zero attached hydrogens (tertiary/aromatic N) is 4. The second kappa shape index (κ2) is 10.1. The lowest BCUT2D eigenvalue weighted by atomic mass is 9.87. The topological polar surface area (TPSA) is 112 Å². The van der Waals surface area contributed by atoms with Crippen LogP contribution in [0.15, 0.2) is 66.6 Å². The monoisotopic (exact) mass is 533 g/mol. The molecule has 194 valence electrons. The van der Waals surface area contributed by atoms with Crippen LogP contribution in [0.5, 0.6) is 0 Å². The van der Waals surface area contributed by atoms with Crippen molar-refractivity contribution >= 4 is 44.9 Å². The summed E-state index contributed by atoms with van der Waals surface area (Å²) in [5.41, 5.74) is 6.86. The van der Waals surface area contributed by atoms with E-state index in [-0.39, 0.29) is 5.91 Å². The number of carbonyl (C=O) groups excluding carboxylic acids is 1. The Morgan fingerprint density at radius 1 is 1.00 bits per heavy atom. The lowest BCUT2D eigenvalue weighted by molar-refractivity contribution is -0.117. The molecular weight excluding hydrogens is 506 g/mol. The van der Waals surface area contributed by atoms with E-state index in [1.54, 1.807) is 29.9 Å². The molecule has 39 heavy (non-hydrogen) atoms. The highest BCUT2D eigenvalue weighted by Gasteiger charge is 2.18. The molecule has 8 nitrogen and oxygen atoms in total. The number of nitrogens with one attached hydrogen (secondary N) is 3. The first-order valence-corrected chi connectivity index (χ1v) is 14.2. The summed E-state index contributed by atoms with van der Waals surface area (Å²) in [4.78, 5) is 31.0. The van der Waals surface area contributed by atoms with Gasteiger partial charge in [0.15, 0.2) is 5.65 Å². The first-order valence-electron chi connectivity index (χ1n) is 13.3. The molecule has 7 rings (SSSR count). The number of hydrogen-bond donors (Lipinski definition) is 3. The second-order valence-corrected chi connectivity index (χ2v) is 11.1. The third-order valence-electron chi connectivity index (χ3n) is 7.54. The van der Waals surface area contributed by atoms with Gasteiger partial charge in [0.2, 0.25) is 5.91 Å². The van der Waals surface area contributed by atoms with Crippen LogP contribution < -0.4 is 5.32 Å². The third kappa shape index (κ3) is 4.70. The molecule has 1 fully saturated rings. The van der Waals surface area contributed by atoms with Crippen LogP contribution in [-0.4, -0.2) is 36.0 Å². The Kier molecular flexibility index (Phi) is 6.13. The van der Waals surface area contributed by atoms with Crippen LogP contribution >= 0.6 is 11.3 Å². The Hall–Kier alpha value is -4.37. The first kappa shape index (κ1) is 23.7. The lowest BCUT2D eigenvalue weighted by Gasteiger charge is -2.20. The zero-order valence-electron chi connectivity index (χ0n) is 21.3. The Labute approximate surface area is 228 Å². The summed E-state index contributed by atoms with van der Waals surface area (Å²) in [6.45, 7) is 0. The summed E-state index contributed by atoms with van der Waals surface area (Å²) in [5.74, 6) is 0.546. The van der Waals surface area contributed by atoms with Crippen LogP contribution in [0.1, 0.15) is 38.5 Å². The number of hydrogen-bond acceptors (Lipinski definition) is 6. The molecule has 0 saturated heterocycles. The van der Waals surface area contributed by atoms with Gasteiger partial charge in [-0.25, -0.2) is 4.98 Å². The first-order chi connectivity index (χ1) is 19.2. The van der Waals surface area contributed by atoms with E-state index in [1.165, 1.54) is 19.3 Å². The number of aromatic amines is 2.